The van der Waals surface area contributed by atoms with Crippen LogP contribution in [-0.2, 0) is 4.43 Å². The second kappa shape index (κ2) is 8.54. The van der Waals surface area contributed by atoms with Gasteiger partial charge in [0.25, 0.3) is 0 Å². The molecule has 1 N–H and O–H groups in total. The van der Waals surface area contributed by atoms with Crippen molar-refractivity contribution in [1.82, 2.24) is 10.3 Å². The van der Waals surface area contributed by atoms with Crippen molar-refractivity contribution in [1.29, 1.82) is 0 Å². The van der Waals surface area contributed by atoms with Crippen LogP contribution < -0.4 is 5.32 Å². The first kappa shape index (κ1) is 22.5. The third-order valence-electron chi connectivity index (χ3n) is 7.69. The number of nitrogens with zero attached hydrogens (tertiary/aromatic N) is 1. The van der Waals surface area contributed by atoms with E-state index in [4.69, 9.17) is 27.6 Å². The summed E-state index contributed by atoms with van der Waals surface area (Å²) in [6.45, 7) is 14.3. The molecule has 2 aliphatic rings. The zero-order valence-electron chi connectivity index (χ0n) is 18.2. The Kier molecular flexibility index (Phi) is 6.88. The van der Waals surface area contributed by atoms with Crippen molar-refractivity contribution in [2.75, 3.05) is 6.54 Å². The van der Waals surface area contributed by atoms with E-state index in [1.165, 1.54) is 12.8 Å². The molecule has 0 amide bonds. The minimum absolute atomic E-state index is 0.135. The maximum absolute atomic E-state index is 6.88. The molecule has 158 valence electrons. The van der Waals surface area contributed by atoms with Gasteiger partial charge in [-0.1, -0.05) is 57.8 Å². The van der Waals surface area contributed by atoms with E-state index < -0.39 is 8.32 Å². The van der Waals surface area contributed by atoms with Gasteiger partial charge >= 0.3 is 0 Å². The smallest absolute Gasteiger partial charge is 0.192 e. The van der Waals surface area contributed by atoms with Crippen molar-refractivity contribution in [2.24, 2.45) is 17.3 Å². The fraction of sp³-hybridized carbons (Fsp3) is 0.773. The van der Waals surface area contributed by atoms with E-state index in [1.807, 2.05) is 13.0 Å². The molecule has 4 atom stereocenters. The van der Waals surface area contributed by atoms with Crippen LogP contribution in [0.15, 0.2) is 6.07 Å². The van der Waals surface area contributed by atoms with E-state index in [0.29, 0.717) is 21.6 Å². The number of hydrogen-bond donors (Lipinski definition) is 1. The Balaban J connectivity index is 1.77. The predicted octanol–water partition coefficient (Wildman–Crippen LogP) is 6.78. The van der Waals surface area contributed by atoms with Gasteiger partial charge in [0.2, 0.25) is 0 Å². The summed E-state index contributed by atoms with van der Waals surface area (Å²) in [4.78, 5) is 4.47. The normalized spacial score (nSPS) is 26.9. The van der Waals surface area contributed by atoms with E-state index in [-0.39, 0.29) is 6.10 Å². The molecule has 2 saturated carbocycles. The fourth-order valence-corrected chi connectivity index (χ4v) is 8.92. The van der Waals surface area contributed by atoms with E-state index >= 15 is 0 Å². The molecule has 0 spiro atoms. The maximum atomic E-state index is 6.88. The summed E-state index contributed by atoms with van der Waals surface area (Å²) < 4.78 is 6.88. The molecule has 0 aromatic carbocycles. The molecular weight excluding hydrogens is 407 g/mol. The summed E-state index contributed by atoms with van der Waals surface area (Å²) in [6.07, 6.45) is 2.41. The summed E-state index contributed by atoms with van der Waals surface area (Å²) >= 11 is 13.2. The fourth-order valence-electron chi connectivity index (χ4n) is 5.34. The Morgan fingerprint density at radius 2 is 1.75 bits per heavy atom. The summed E-state index contributed by atoms with van der Waals surface area (Å²) in [7, 11) is -1.81. The molecule has 0 bridgehead atoms. The van der Waals surface area contributed by atoms with Gasteiger partial charge in [-0.05, 0) is 61.2 Å². The van der Waals surface area contributed by atoms with Crippen molar-refractivity contribution >= 4 is 31.5 Å². The number of nitrogens with one attached hydrogen (secondary N) is 1. The van der Waals surface area contributed by atoms with Gasteiger partial charge in [0.1, 0.15) is 5.15 Å². The van der Waals surface area contributed by atoms with Crippen LogP contribution in [0.3, 0.4) is 0 Å². The first-order valence-electron chi connectivity index (χ1n) is 10.9. The molecular formula is C22H36Cl2N2OSi. The Labute approximate surface area is 182 Å². The van der Waals surface area contributed by atoms with E-state index in [2.05, 4.69) is 44.9 Å². The molecule has 3 rings (SSSR count). The number of hydrogen-bond acceptors (Lipinski definition) is 3. The van der Waals surface area contributed by atoms with Crippen molar-refractivity contribution in [3.8, 4) is 0 Å². The van der Waals surface area contributed by atoms with Crippen LogP contribution >= 0.6 is 23.2 Å². The lowest BCUT2D eigenvalue weighted by Gasteiger charge is -2.35. The number of rotatable bonds is 9. The highest BCUT2D eigenvalue weighted by atomic mass is 35.5. The first-order chi connectivity index (χ1) is 13.2. The lowest BCUT2D eigenvalue weighted by Crippen LogP contribution is -2.41. The Morgan fingerprint density at radius 1 is 1.18 bits per heavy atom. The van der Waals surface area contributed by atoms with Gasteiger partial charge in [0.05, 0.1) is 11.1 Å². The SMILES string of the molecule is CC[Si](CC)(CC)OC(CNC1C[C@@H]2[C@H](C1)C2(C)C)c1c(Cl)cc(C)nc1Cl. The van der Waals surface area contributed by atoms with Gasteiger partial charge in [-0.15, -0.1) is 0 Å². The first-order valence-corrected chi connectivity index (χ1v) is 14.2. The van der Waals surface area contributed by atoms with Crippen LogP contribution in [-0.4, -0.2) is 25.9 Å². The third-order valence-corrected chi connectivity index (χ3v) is 12.9. The number of pyridine rings is 1. The monoisotopic (exact) mass is 442 g/mol. The highest BCUT2D eigenvalue weighted by Gasteiger charge is 2.61. The van der Waals surface area contributed by atoms with Crippen LogP contribution in [0.5, 0.6) is 0 Å². The molecule has 1 heterocycles. The summed E-state index contributed by atoms with van der Waals surface area (Å²) in [5.41, 5.74) is 2.25. The second-order valence-electron chi connectivity index (χ2n) is 9.41. The van der Waals surface area contributed by atoms with Gasteiger partial charge in [-0.25, -0.2) is 4.98 Å². The highest BCUT2D eigenvalue weighted by Crippen LogP contribution is 2.66. The lowest BCUT2D eigenvalue weighted by molar-refractivity contribution is 0.178. The minimum Gasteiger partial charge on any atom is -0.408 e. The number of halogens is 2. The van der Waals surface area contributed by atoms with Gasteiger partial charge in [0, 0.05) is 23.8 Å². The van der Waals surface area contributed by atoms with Crippen molar-refractivity contribution in [3.63, 3.8) is 0 Å². The van der Waals surface area contributed by atoms with Crippen molar-refractivity contribution in [2.45, 2.75) is 84.7 Å². The van der Waals surface area contributed by atoms with Crippen LogP contribution in [0, 0.1) is 24.2 Å². The molecule has 1 aromatic rings. The molecule has 3 nitrogen and oxygen atoms in total. The molecule has 2 fully saturated rings. The van der Waals surface area contributed by atoms with Gasteiger partial charge in [-0.2, -0.15) is 0 Å². The lowest BCUT2D eigenvalue weighted by atomic mass is 9.97. The Bertz CT molecular complexity index is 663. The van der Waals surface area contributed by atoms with Crippen LogP contribution in [0.2, 0.25) is 28.3 Å². The molecule has 2 aliphatic carbocycles. The topological polar surface area (TPSA) is 34.1 Å². The minimum atomic E-state index is -1.81. The van der Waals surface area contributed by atoms with Gasteiger partial charge < -0.3 is 9.74 Å². The zero-order valence-corrected chi connectivity index (χ0v) is 20.8. The second-order valence-corrected chi connectivity index (χ2v) is 14.9. The van der Waals surface area contributed by atoms with Crippen LogP contribution in [0.25, 0.3) is 0 Å². The quantitative estimate of drug-likeness (QED) is 0.337. The summed E-state index contributed by atoms with van der Waals surface area (Å²) in [6, 6.07) is 5.79. The van der Waals surface area contributed by atoms with Gasteiger partial charge in [-0.3, -0.25) is 0 Å². The van der Waals surface area contributed by atoms with Crippen molar-refractivity contribution in [3.05, 3.63) is 27.5 Å². The average molecular weight is 444 g/mol. The number of fused-ring (bicyclic) bond motifs is 1. The van der Waals surface area contributed by atoms with Crippen LogP contribution in [0.4, 0.5) is 0 Å². The Hall–Kier alpha value is -0.133. The maximum Gasteiger partial charge on any atom is 0.192 e. The van der Waals surface area contributed by atoms with Crippen LogP contribution in [0.1, 0.15) is 64.8 Å². The Morgan fingerprint density at radius 3 is 2.25 bits per heavy atom. The van der Waals surface area contributed by atoms with E-state index in [9.17, 15) is 0 Å². The summed E-state index contributed by atoms with van der Waals surface area (Å²) in [5.74, 6) is 1.76. The third kappa shape index (κ3) is 4.32. The van der Waals surface area contributed by atoms with Crippen molar-refractivity contribution < 1.29 is 4.43 Å². The highest BCUT2D eigenvalue weighted by molar-refractivity contribution is 6.73. The molecule has 28 heavy (non-hydrogen) atoms. The molecule has 1 aromatic heterocycles. The van der Waals surface area contributed by atoms with E-state index in [0.717, 1.165) is 47.8 Å². The standard InChI is InChI=1S/C22H36Cl2N2OSi/c1-7-28(8-2,9-3)27-19(20-18(23)10-14(4)26-21(20)24)13-25-15-11-16-17(12-15)22(16,5)6/h10,15-17,19,25H,7-9,11-13H2,1-6H3/t15?,16-,17+,19?. The largest absolute Gasteiger partial charge is 0.408 e. The van der Waals surface area contributed by atoms with Gasteiger partial charge in [0.15, 0.2) is 8.32 Å². The van der Waals surface area contributed by atoms with E-state index in [1.54, 1.807) is 0 Å². The molecule has 0 saturated heterocycles. The number of aromatic nitrogens is 1. The molecule has 2 unspecified atom stereocenters. The summed E-state index contributed by atoms with van der Waals surface area (Å²) in [5, 5.41) is 4.95. The molecule has 0 radical (unpaired) electrons. The molecule has 0 aliphatic heterocycles. The average Bonchev–Trinajstić information content (AvgIpc) is 2.99. The zero-order chi connectivity index (χ0) is 20.7. The predicted molar refractivity (Wildman–Crippen MR) is 122 cm³/mol. The number of aryl methyl sites for hydroxylation is 1. The molecule has 6 heteroatoms.